The molecule has 1 aromatic carbocycles. The molecule has 0 saturated heterocycles. The Balaban J connectivity index is 2.60. The Morgan fingerprint density at radius 3 is 2.72 bits per heavy atom. The van der Waals surface area contributed by atoms with Gasteiger partial charge in [-0.15, -0.1) is 11.3 Å². The third kappa shape index (κ3) is 1.42. The molecule has 0 N–H and O–H groups in total. The number of rotatable bonds is 1. The first kappa shape index (κ1) is 11.2. The zero-order valence-corrected chi connectivity index (χ0v) is 10.9. The normalized spacial score (nSPS) is 11.2. The predicted molar refractivity (Wildman–Crippen MR) is 74.6 cm³/mol. The van der Waals surface area contributed by atoms with Gasteiger partial charge in [-0.1, -0.05) is 0 Å². The van der Waals surface area contributed by atoms with E-state index in [1.807, 2.05) is 17.5 Å². The topological polar surface area (TPSA) is 39.1 Å². The lowest BCUT2D eigenvalue weighted by Gasteiger charge is -2.06. The molecule has 0 bridgehead atoms. The van der Waals surface area contributed by atoms with Crippen LogP contribution in [0.5, 0.6) is 0 Å². The van der Waals surface area contributed by atoms with Crippen LogP contribution in [0, 0.1) is 0 Å². The predicted octanol–water partition coefficient (Wildman–Crippen LogP) is 2.96. The van der Waals surface area contributed by atoms with Crippen LogP contribution in [0.4, 0.5) is 0 Å². The molecule has 0 aliphatic heterocycles. The monoisotopic (exact) mass is 257 g/mol. The number of Topliss-reactive ketones (excluding diaryl/α,β-unsaturated/α-hetero) is 1. The molecule has 4 heteroatoms. The molecule has 0 radical (unpaired) electrons. The van der Waals surface area contributed by atoms with Gasteiger partial charge >= 0.3 is 0 Å². The summed E-state index contributed by atoms with van der Waals surface area (Å²) < 4.78 is 2.68. The maximum Gasteiger partial charge on any atom is 0.250 e. The van der Waals surface area contributed by atoms with Gasteiger partial charge < -0.3 is 4.57 Å². The maximum atomic E-state index is 11.7. The Hall–Kier alpha value is -1.94. The van der Waals surface area contributed by atoms with Crippen LogP contribution >= 0.6 is 11.3 Å². The van der Waals surface area contributed by atoms with E-state index < -0.39 is 0 Å². The molecule has 3 aromatic rings. The van der Waals surface area contributed by atoms with Gasteiger partial charge in [0.1, 0.15) is 0 Å². The lowest BCUT2D eigenvalue weighted by atomic mass is 10.1. The number of pyridine rings is 1. The fraction of sp³-hybridized carbons (Fsp3) is 0.143. The highest BCUT2D eigenvalue weighted by Crippen LogP contribution is 2.32. The average molecular weight is 257 g/mol. The molecular formula is C14H11NO2S. The highest BCUT2D eigenvalue weighted by Gasteiger charge is 2.12. The Labute approximate surface area is 107 Å². The number of carbonyl (C=O) groups excluding carboxylic acids is 1. The number of nitrogens with zero attached hydrogens (tertiary/aromatic N) is 1. The Morgan fingerprint density at radius 2 is 2.00 bits per heavy atom. The van der Waals surface area contributed by atoms with Crippen molar-refractivity contribution in [3.8, 4) is 0 Å². The Kier molecular flexibility index (Phi) is 2.35. The van der Waals surface area contributed by atoms with Crippen LogP contribution in [0.25, 0.3) is 21.0 Å². The van der Waals surface area contributed by atoms with Crippen molar-refractivity contribution < 1.29 is 4.79 Å². The fourth-order valence-electron chi connectivity index (χ4n) is 2.25. The molecule has 0 amide bonds. The molecule has 0 unspecified atom stereocenters. The van der Waals surface area contributed by atoms with Crippen LogP contribution in [0.3, 0.4) is 0 Å². The highest BCUT2D eigenvalue weighted by molar-refractivity contribution is 7.17. The molecule has 2 aromatic heterocycles. The van der Waals surface area contributed by atoms with Crippen molar-refractivity contribution in [2.45, 2.75) is 6.92 Å². The second kappa shape index (κ2) is 3.78. The number of hydrogen-bond acceptors (Lipinski definition) is 3. The van der Waals surface area contributed by atoms with Crippen LogP contribution in [0.1, 0.15) is 17.3 Å². The minimum Gasteiger partial charge on any atom is -0.311 e. The van der Waals surface area contributed by atoms with Gasteiger partial charge in [0, 0.05) is 39.5 Å². The van der Waals surface area contributed by atoms with Crippen molar-refractivity contribution in [3.63, 3.8) is 0 Å². The summed E-state index contributed by atoms with van der Waals surface area (Å²) in [5.41, 5.74) is 1.55. The zero-order valence-electron chi connectivity index (χ0n) is 10.1. The third-order valence-electron chi connectivity index (χ3n) is 3.22. The van der Waals surface area contributed by atoms with Gasteiger partial charge in [0.25, 0.3) is 5.56 Å². The van der Waals surface area contributed by atoms with Gasteiger partial charge in [-0.05, 0) is 25.1 Å². The van der Waals surface area contributed by atoms with Gasteiger partial charge in [0.15, 0.2) is 5.78 Å². The number of carbonyl (C=O) groups is 1. The highest BCUT2D eigenvalue weighted by atomic mass is 32.1. The average Bonchev–Trinajstić information content (AvgIpc) is 2.77. The number of aromatic nitrogens is 1. The molecule has 3 rings (SSSR count). The number of ketones is 1. The lowest BCUT2D eigenvalue weighted by Crippen LogP contribution is -2.14. The van der Waals surface area contributed by atoms with Crippen molar-refractivity contribution >= 4 is 38.1 Å². The van der Waals surface area contributed by atoms with Crippen molar-refractivity contribution in [1.82, 2.24) is 4.57 Å². The zero-order chi connectivity index (χ0) is 12.9. The van der Waals surface area contributed by atoms with Crippen molar-refractivity contribution in [1.29, 1.82) is 0 Å². The van der Waals surface area contributed by atoms with Gasteiger partial charge in [-0.2, -0.15) is 0 Å². The van der Waals surface area contributed by atoms with E-state index in [1.54, 1.807) is 42.0 Å². The smallest absolute Gasteiger partial charge is 0.250 e. The Bertz CT molecular complexity index is 842. The molecule has 3 nitrogen and oxygen atoms in total. The van der Waals surface area contributed by atoms with Crippen LogP contribution < -0.4 is 5.56 Å². The standard InChI is InChI=1S/C14H11NO2S/c1-8(16)10-7-18-12-5-4-11-9(14(10)12)3-6-13(17)15(11)2/h3-7H,1-2H3. The summed E-state index contributed by atoms with van der Waals surface area (Å²) in [6.07, 6.45) is 0. The summed E-state index contributed by atoms with van der Waals surface area (Å²) in [7, 11) is 1.75. The van der Waals surface area contributed by atoms with Crippen LogP contribution in [-0.2, 0) is 7.05 Å². The fourth-order valence-corrected chi connectivity index (χ4v) is 3.26. The van der Waals surface area contributed by atoms with Crippen LogP contribution in [0.15, 0.2) is 34.4 Å². The summed E-state index contributed by atoms with van der Waals surface area (Å²) in [5.74, 6) is 0.0580. The molecule has 0 spiro atoms. The quantitative estimate of drug-likeness (QED) is 0.629. The van der Waals surface area contributed by atoms with Crippen LogP contribution in [-0.4, -0.2) is 10.4 Å². The number of fused-ring (bicyclic) bond motifs is 3. The summed E-state index contributed by atoms with van der Waals surface area (Å²) >= 11 is 1.56. The number of benzene rings is 1. The largest absolute Gasteiger partial charge is 0.311 e. The summed E-state index contributed by atoms with van der Waals surface area (Å²) in [6.45, 7) is 1.57. The van der Waals surface area contributed by atoms with E-state index in [-0.39, 0.29) is 11.3 Å². The van der Waals surface area contributed by atoms with E-state index in [1.165, 1.54) is 0 Å². The van der Waals surface area contributed by atoms with Crippen molar-refractivity contribution in [3.05, 3.63) is 45.6 Å². The van der Waals surface area contributed by atoms with Gasteiger partial charge in [-0.3, -0.25) is 9.59 Å². The number of thiophene rings is 1. The van der Waals surface area contributed by atoms with E-state index >= 15 is 0 Å². The minimum absolute atomic E-state index is 0.0403. The van der Waals surface area contributed by atoms with Gasteiger partial charge in [0.05, 0.1) is 5.52 Å². The second-order valence-corrected chi connectivity index (χ2v) is 5.22. The van der Waals surface area contributed by atoms with Gasteiger partial charge in [0.2, 0.25) is 0 Å². The van der Waals surface area contributed by atoms with Gasteiger partial charge in [-0.25, -0.2) is 0 Å². The van der Waals surface area contributed by atoms with Crippen molar-refractivity contribution in [2.75, 3.05) is 0 Å². The lowest BCUT2D eigenvalue weighted by molar-refractivity contribution is 0.101. The van der Waals surface area contributed by atoms with E-state index in [4.69, 9.17) is 0 Å². The summed E-state index contributed by atoms with van der Waals surface area (Å²) in [5, 5.41) is 3.80. The van der Waals surface area contributed by atoms with E-state index in [0.29, 0.717) is 0 Å². The first-order valence-electron chi connectivity index (χ1n) is 5.60. The molecule has 0 aliphatic carbocycles. The molecule has 0 aliphatic rings. The molecule has 0 saturated carbocycles. The molecule has 90 valence electrons. The molecule has 0 atom stereocenters. The van der Waals surface area contributed by atoms with E-state index in [9.17, 15) is 9.59 Å². The number of aryl methyl sites for hydroxylation is 1. The van der Waals surface area contributed by atoms with Crippen molar-refractivity contribution in [2.24, 2.45) is 7.05 Å². The first-order valence-corrected chi connectivity index (χ1v) is 6.48. The SMILES string of the molecule is CC(=O)c1csc2ccc3c(ccc(=O)n3C)c12. The summed E-state index contributed by atoms with van der Waals surface area (Å²) in [6, 6.07) is 7.25. The summed E-state index contributed by atoms with van der Waals surface area (Å²) in [4.78, 5) is 23.3. The molecule has 0 fully saturated rings. The molecule has 2 heterocycles. The number of hydrogen-bond donors (Lipinski definition) is 0. The molecular weight excluding hydrogens is 246 g/mol. The maximum absolute atomic E-state index is 11.7. The van der Waals surface area contributed by atoms with E-state index in [2.05, 4.69) is 0 Å². The second-order valence-electron chi connectivity index (χ2n) is 4.31. The first-order chi connectivity index (χ1) is 8.59. The third-order valence-corrected chi connectivity index (χ3v) is 4.17. The molecule has 18 heavy (non-hydrogen) atoms. The Morgan fingerprint density at radius 1 is 1.22 bits per heavy atom. The van der Waals surface area contributed by atoms with E-state index in [0.717, 1.165) is 26.6 Å². The van der Waals surface area contributed by atoms with Crippen LogP contribution in [0.2, 0.25) is 0 Å². The minimum atomic E-state index is -0.0403.